The number of fused-ring (bicyclic) bond motifs is 4. The number of halogens is 1. The molecule has 0 saturated heterocycles. The molecule has 0 radical (unpaired) electrons. The second-order valence-corrected chi connectivity index (χ2v) is 16.1. The van der Waals surface area contributed by atoms with Crippen LogP contribution in [0, 0.1) is 17.8 Å². The van der Waals surface area contributed by atoms with Crippen molar-refractivity contribution in [2.24, 2.45) is 17.8 Å². The third kappa shape index (κ3) is 6.84. The van der Waals surface area contributed by atoms with E-state index in [1.165, 1.54) is 11.1 Å². The Labute approximate surface area is 278 Å². The lowest BCUT2D eigenvalue weighted by Crippen LogP contribution is -2.49. The molecule has 1 N–H and O–H groups in total. The van der Waals surface area contributed by atoms with Crippen molar-refractivity contribution >= 4 is 33.2 Å². The number of anilines is 1. The molecule has 6 rings (SSSR count). The fourth-order valence-corrected chi connectivity index (χ4v) is 9.69. The predicted octanol–water partition coefficient (Wildman–Crippen LogP) is 6.31. The van der Waals surface area contributed by atoms with Crippen molar-refractivity contribution < 1.29 is 27.4 Å². The Morgan fingerprint density at radius 1 is 1.13 bits per heavy atom. The maximum atomic E-state index is 13.5. The van der Waals surface area contributed by atoms with E-state index >= 15 is 0 Å². The third-order valence-electron chi connectivity index (χ3n) is 10.6. The van der Waals surface area contributed by atoms with Crippen molar-refractivity contribution in [1.29, 1.82) is 0 Å². The lowest BCUT2D eigenvalue weighted by atomic mass is 9.68. The van der Waals surface area contributed by atoms with Crippen LogP contribution in [0.5, 0.6) is 5.75 Å². The van der Waals surface area contributed by atoms with E-state index in [0.29, 0.717) is 55.8 Å². The molecule has 2 aliphatic carbocycles. The summed E-state index contributed by atoms with van der Waals surface area (Å²) in [7, 11) is -2.23. The number of aryl methyl sites for hydroxylation is 1. The van der Waals surface area contributed by atoms with Crippen molar-refractivity contribution in [1.82, 2.24) is 4.72 Å². The van der Waals surface area contributed by atoms with Gasteiger partial charge in [-0.05, 0) is 104 Å². The molecule has 1 fully saturated rings. The average molecular weight is 671 g/mol. The minimum atomic E-state index is -3.91. The smallest absolute Gasteiger partial charge is 0.264 e. The van der Waals surface area contributed by atoms with Crippen molar-refractivity contribution in [3.05, 3.63) is 70.3 Å². The summed E-state index contributed by atoms with van der Waals surface area (Å²) in [6.45, 7) is 6.90. The summed E-state index contributed by atoms with van der Waals surface area (Å²) < 4.78 is 47.7. The molecule has 1 amide bonds. The largest absolute Gasteiger partial charge is 0.490 e. The molecule has 0 aromatic heterocycles. The minimum absolute atomic E-state index is 0.00930. The summed E-state index contributed by atoms with van der Waals surface area (Å²) in [5.41, 5.74) is 3.44. The Kier molecular flexibility index (Phi) is 10.0. The van der Waals surface area contributed by atoms with E-state index in [1.807, 2.05) is 32.0 Å². The molecule has 250 valence electrons. The molecule has 46 heavy (non-hydrogen) atoms. The van der Waals surface area contributed by atoms with Crippen LogP contribution in [0.3, 0.4) is 0 Å². The van der Waals surface area contributed by atoms with Crippen LogP contribution in [0.4, 0.5) is 5.69 Å². The molecule has 0 unspecified atom stereocenters. The van der Waals surface area contributed by atoms with Crippen molar-refractivity contribution in [2.75, 3.05) is 44.9 Å². The molecular formula is C36H47ClN2O6S. The highest BCUT2D eigenvalue weighted by molar-refractivity contribution is 7.90. The summed E-state index contributed by atoms with van der Waals surface area (Å²) >= 11 is 6.44. The van der Waals surface area contributed by atoms with E-state index in [1.54, 1.807) is 13.2 Å². The standard InChI is InChI=1S/C36H47ClN2O6S/c1-4-29-18-24(2)7-13-33(44-17-16-43-3)30-11-8-27(30)21-39-22-36(15-5-6-25-19-28(37)10-12-31(25)36)23-45-34-14-9-26(20-32(34)39)35(40)38-46(29,41)42/h7,9-10,12-14,19-20,24,27,29-30,33H,4-6,8,11,15-18,21-23H2,1-3H3,(H,38,40)/b13-7+/t24-,27+,29-,30-,33+,36+/m1/s1. The molecule has 1 saturated carbocycles. The van der Waals surface area contributed by atoms with Crippen LogP contribution in [0.2, 0.25) is 5.02 Å². The molecule has 2 aromatic rings. The first-order valence-corrected chi connectivity index (χ1v) is 18.7. The van der Waals surface area contributed by atoms with Gasteiger partial charge in [0.05, 0.1) is 36.9 Å². The Bertz CT molecular complexity index is 1560. The molecular weight excluding hydrogens is 624 g/mol. The monoisotopic (exact) mass is 670 g/mol. The fraction of sp³-hybridized carbons (Fsp3) is 0.583. The second-order valence-electron chi connectivity index (χ2n) is 13.7. The van der Waals surface area contributed by atoms with E-state index in [4.69, 9.17) is 25.8 Å². The van der Waals surface area contributed by atoms with Gasteiger partial charge in [0.2, 0.25) is 10.0 Å². The highest BCUT2D eigenvalue weighted by Crippen LogP contribution is 2.47. The van der Waals surface area contributed by atoms with Crippen LogP contribution in [0.1, 0.15) is 73.9 Å². The Balaban J connectivity index is 1.42. The van der Waals surface area contributed by atoms with Gasteiger partial charge < -0.3 is 19.1 Å². The predicted molar refractivity (Wildman–Crippen MR) is 181 cm³/mol. The van der Waals surface area contributed by atoms with Crippen molar-refractivity contribution in [2.45, 2.75) is 75.6 Å². The maximum absolute atomic E-state index is 13.5. The number of nitrogens with one attached hydrogen (secondary N) is 1. The zero-order valence-electron chi connectivity index (χ0n) is 27.2. The average Bonchev–Trinajstić information content (AvgIpc) is 3.16. The van der Waals surface area contributed by atoms with Crippen LogP contribution in [0.15, 0.2) is 48.6 Å². The number of ether oxygens (including phenoxy) is 3. The normalized spacial score (nSPS) is 31.4. The molecule has 8 nitrogen and oxygen atoms in total. The minimum Gasteiger partial charge on any atom is -0.490 e. The first kappa shape index (κ1) is 33.3. The van der Waals surface area contributed by atoms with Crippen LogP contribution in [-0.4, -0.2) is 65.7 Å². The van der Waals surface area contributed by atoms with Gasteiger partial charge in [0.15, 0.2) is 0 Å². The van der Waals surface area contributed by atoms with Gasteiger partial charge in [0.1, 0.15) is 5.75 Å². The molecule has 10 heteroatoms. The lowest BCUT2D eigenvalue weighted by molar-refractivity contribution is -0.0310. The van der Waals surface area contributed by atoms with Crippen molar-refractivity contribution in [3.8, 4) is 5.75 Å². The SMILES string of the molecule is CC[C@@H]1C[C@H](C)/C=C/[C@H](OCCOC)[C@@H]2CC[C@H]2CN2C[C@@]3(CCCc4cc(Cl)ccc43)COc3ccc(cc32)C(=O)NS1(=O)=O. The van der Waals surface area contributed by atoms with Crippen LogP contribution >= 0.6 is 11.6 Å². The summed E-state index contributed by atoms with van der Waals surface area (Å²) in [5, 5.41) is 0.0439. The van der Waals surface area contributed by atoms with E-state index in [9.17, 15) is 13.2 Å². The van der Waals surface area contributed by atoms with Crippen LogP contribution in [-0.2, 0) is 31.3 Å². The number of benzene rings is 2. The molecule has 2 aliphatic heterocycles. The number of carbonyl (C=O) groups excluding carboxylic acids is 1. The van der Waals surface area contributed by atoms with E-state index in [-0.39, 0.29) is 17.4 Å². The summed E-state index contributed by atoms with van der Waals surface area (Å²) in [6.07, 6.45) is 10.1. The van der Waals surface area contributed by atoms with E-state index < -0.39 is 21.2 Å². The summed E-state index contributed by atoms with van der Waals surface area (Å²) in [5.74, 6) is 0.776. The van der Waals surface area contributed by atoms with Gasteiger partial charge in [-0.15, -0.1) is 0 Å². The zero-order valence-corrected chi connectivity index (χ0v) is 28.7. The molecule has 1 spiro atoms. The number of nitrogens with zero attached hydrogens (tertiary/aromatic N) is 1. The number of hydrogen-bond donors (Lipinski definition) is 1. The van der Waals surface area contributed by atoms with E-state index in [2.05, 4.69) is 33.9 Å². The number of amides is 1. The highest BCUT2D eigenvalue weighted by Gasteiger charge is 2.44. The maximum Gasteiger partial charge on any atom is 0.264 e. The number of sulfonamides is 1. The highest BCUT2D eigenvalue weighted by atomic mass is 35.5. The van der Waals surface area contributed by atoms with Gasteiger partial charge in [-0.3, -0.25) is 4.79 Å². The zero-order chi connectivity index (χ0) is 32.5. The lowest BCUT2D eigenvalue weighted by Gasteiger charge is -2.46. The number of hydrogen-bond acceptors (Lipinski definition) is 7. The first-order valence-electron chi connectivity index (χ1n) is 16.8. The van der Waals surface area contributed by atoms with Gasteiger partial charge >= 0.3 is 0 Å². The van der Waals surface area contributed by atoms with Gasteiger partial charge in [0, 0.05) is 36.2 Å². The topological polar surface area (TPSA) is 94.2 Å². The van der Waals surface area contributed by atoms with Gasteiger partial charge in [-0.1, -0.05) is 43.7 Å². The van der Waals surface area contributed by atoms with Gasteiger partial charge in [-0.2, -0.15) is 0 Å². The number of rotatable bonds is 5. The van der Waals surface area contributed by atoms with Gasteiger partial charge in [-0.25, -0.2) is 13.1 Å². The molecule has 2 aromatic carbocycles. The van der Waals surface area contributed by atoms with Crippen LogP contribution in [0.25, 0.3) is 0 Å². The van der Waals surface area contributed by atoms with E-state index in [0.717, 1.165) is 55.9 Å². The van der Waals surface area contributed by atoms with Gasteiger partial charge in [0.25, 0.3) is 5.91 Å². The first-order chi connectivity index (χ1) is 22.1. The number of allylic oxidation sites excluding steroid dienone is 1. The fourth-order valence-electron chi connectivity index (χ4n) is 7.96. The summed E-state index contributed by atoms with van der Waals surface area (Å²) in [6, 6.07) is 11.6. The summed E-state index contributed by atoms with van der Waals surface area (Å²) in [4.78, 5) is 15.9. The number of methoxy groups -OCH3 is 1. The molecule has 2 heterocycles. The Morgan fingerprint density at radius 2 is 1.98 bits per heavy atom. The Hall–Kier alpha value is -2.59. The van der Waals surface area contributed by atoms with Crippen LogP contribution < -0.4 is 14.4 Å². The third-order valence-corrected chi connectivity index (χ3v) is 12.8. The quantitative estimate of drug-likeness (QED) is 0.295. The molecule has 4 aliphatic rings. The Morgan fingerprint density at radius 3 is 2.74 bits per heavy atom. The number of carbonyl (C=O) groups is 1. The van der Waals surface area contributed by atoms with Crippen molar-refractivity contribution in [3.63, 3.8) is 0 Å². The molecule has 6 atom stereocenters. The second kappa shape index (κ2) is 13.9. The molecule has 2 bridgehead atoms.